The van der Waals surface area contributed by atoms with Crippen LogP contribution >= 0.6 is 0 Å². The maximum atomic E-state index is 4.47. The summed E-state index contributed by atoms with van der Waals surface area (Å²) in [6, 6.07) is 83.6. The van der Waals surface area contributed by atoms with Gasteiger partial charge in [0.1, 0.15) is 0 Å². The fourth-order valence-corrected chi connectivity index (χ4v) is 17.6. The maximum absolute atomic E-state index is 4.47. The van der Waals surface area contributed by atoms with Crippen LogP contribution in [0.4, 0.5) is 5.69 Å². The maximum Gasteiger partial charge on any atom is 0.179 e. The van der Waals surface area contributed by atoms with Gasteiger partial charge in [0.05, 0.1) is 33.5 Å². The van der Waals surface area contributed by atoms with E-state index in [0.717, 1.165) is 23.4 Å². The van der Waals surface area contributed by atoms with Gasteiger partial charge in [-0.05, 0) is 111 Å². The lowest BCUT2D eigenvalue weighted by Gasteiger charge is -2.37. The van der Waals surface area contributed by atoms with E-state index in [1.807, 2.05) is 6.08 Å². The molecule has 12 aromatic rings. The highest BCUT2D eigenvalue weighted by Gasteiger charge is 2.41. The summed E-state index contributed by atoms with van der Waals surface area (Å²) in [6.07, 6.45) is 20.2. The van der Waals surface area contributed by atoms with Gasteiger partial charge in [-0.25, -0.2) is 0 Å². The second-order valence-corrected chi connectivity index (χ2v) is 24.2. The Kier molecular flexibility index (Phi) is 11.1. The van der Waals surface area contributed by atoms with Crippen molar-refractivity contribution in [3.8, 4) is 5.69 Å². The third-order valence-electron chi connectivity index (χ3n) is 16.4. The van der Waals surface area contributed by atoms with E-state index in [-0.39, 0.29) is 12.0 Å². The van der Waals surface area contributed by atoms with Gasteiger partial charge >= 0.3 is 0 Å². The molecule has 2 aliphatic carbocycles. The van der Waals surface area contributed by atoms with Crippen LogP contribution in [0.5, 0.6) is 0 Å². The molecule has 0 fully saturated rings. The molecule has 14 rings (SSSR count). The van der Waals surface area contributed by atoms with Crippen molar-refractivity contribution in [2.24, 2.45) is 0 Å². The molecule has 0 spiro atoms. The average Bonchev–Trinajstić information content (AvgIpc) is 4.24. The van der Waals surface area contributed by atoms with Crippen LogP contribution in [-0.4, -0.2) is 23.1 Å². The van der Waals surface area contributed by atoms with Crippen LogP contribution in [0, 0.1) is 0 Å². The molecule has 0 radical (unpaired) electrons. The van der Waals surface area contributed by atoms with Crippen molar-refractivity contribution in [2.45, 2.75) is 24.8 Å². The number of hydrogen-bond acceptors (Lipinski definition) is 1. The largest absolute Gasteiger partial charge is 0.335 e. The fraction of sp³-hybridized carbons (Fsp3) is 0.0556. The Morgan fingerprint density at radius 2 is 1.09 bits per heavy atom. The average molecular weight is 990 g/mol. The van der Waals surface area contributed by atoms with Gasteiger partial charge in [-0.1, -0.05) is 226 Å². The van der Waals surface area contributed by atoms with Crippen LogP contribution in [0.1, 0.15) is 29.9 Å². The van der Waals surface area contributed by atoms with Crippen molar-refractivity contribution in [1.29, 1.82) is 0 Å². The highest BCUT2D eigenvalue weighted by Crippen LogP contribution is 2.38. The minimum absolute atomic E-state index is 0.105. The molecule has 0 saturated heterocycles. The van der Waals surface area contributed by atoms with Gasteiger partial charge in [0, 0.05) is 55.1 Å². The van der Waals surface area contributed by atoms with E-state index >= 15 is 0 Å². The van der Waals surface area contributed by atoms with Crippen molar-refractivity contribution in [1.82, 2.24) is 8.97 Å². The first-order valence-corrected chi connectivity index (χ1v) is 28.6. The Labute approximate surface area is 444 Å². The molecule has 2 unspecified atom stereocenters. The second-order valence-electron chi connectivity index (χ2n) is 20.4. The summed E-state index contributed by atoms with van der Waals surface area (Å²) in [5.74, 6) is 0.244. The molecule has 9 aromatic carbocycles. The molecule has 2 aliphatic rings. The first-order chi connectivity index (χ1) is 37.6. The summed E-state index contributed by atoms with van der Waals surface area (Å²) < 4.78 is 4.76. The molecule has 3 aromatic heterocycles. The molecule has 0 saturated carbocycles. The standard InChI is InChI=1S/C72H55N3Si/c1-3-18-68-50(2)63-27-17-28-66-67-49-54(37-48-71(67)75(68)72(63)66)53-35-40-56(41-36-53)73(57-44-46-62(47-45-57)76(59-19-7-4-8-20-59,60-21-9-5-10-22-60)61-23-11-6-12-24-61)55-38-31-51(32-39-55)52-33-42-58(43-34-52)74-69-29-15-13-25-64(69)65-26-14-16-30-70(65)74/h3-35,37-38,40-49,53,55H,1-2,36,39H2/b68-18+. The van der Waals surface area contributed by atoms with E-state index in [9.17, 15) is 0 Å². The zero-order valence-electron chi connectivity index (χ0n) is 42.3. The number of anilines is 1. The van der Waals surface area contributed by atoms with Gasteiger partial charge in [0.15, 0.2) is 8.07 Å². The molecule has 3 heterocycles. The molecule has 0 aliphatic heterocycles. The summed E-state index contributed by atoms with van der Waals surface area (Å²) in [6.45, 7) is 8.50. The molecule has 76 heavy (non-hydrogen) atoms. The van der Waals surface area contributed by atoms with Gasteiger partial charge in [-0.3, -0.25) is 0 Å². The van der Waals surface area contributed by atoms with Crippen LogP contribution < -0.4 is 36.2 Å². The lowest BCUT2D eigenvalue weighted by atomic mass is 9.89. The minimum Gasteiger partial charge on any atom is -0.335 e. The summed E-state index contributed by atoms with van der Waals surface area (Å²) in [7, 11) is -2.71. The van der Waals surface area contributed by atoms with Gasteiger partial charge in [-0.15, -0.1) is 0 Å². The first kappa shape index (κ1) is 45.4. The second kappa shape index (κ2) is 18.6. The first-order valence-electron chi connectivity index (χ1n) is 26.6. The molecule has 2 atom stereocenters. The number of allylic oxidation sites excluding steroid dienone is 6. The van der Waals surface area contributed by atoms with Crippen molar-refractivity contribution >= 4 is 102 Å². The molecule has 0 amide bonds. The normalized spacial score (nSPS) is 16.0. The fourth-order valence-electron chi connectivity index (χ4n) is 12.9. The molecule has 0 bridgehead atoms. The predicted octanol–water partition coefficient (Wildman–Crippen LogP) is 13.4. The third kappa shape index (κ3) is 7.24. The Bertz CT molecular complexity index is 4270. The predicted molar refractivity (Wildman–Crippen MR) is 326 cm³/mol. The number of hydrogen-bond donors (Lipinski definition) is 0. The van der Waals surface area contributed by atoms with Crippen LogP contribution in [0.2, 0.25) is 0 Å². The van der Waals surface area contributed by atoms with Gasteiger partial charge in [0.2, 0.25) is 0 Å². The van der Waals surface area contributed by atoms with E-state index in [1.165, 1.54) is 104 Å². The van der Waals surface area contributed by atoms with Crippen LogP contribution in [-0.2, 0) is 0 Å². The van der Waals surface area contributed by atoms with Crippen molar-refractivity contribution in [3.05, 3.63) is 301 Å². The van der Waals surface area contributed by atoms with E-state index in [0.29, 0.717) is 0 Å². The van der Waals surface area contributed by atoms with Gasteiger partial charge < -0.3 is 13.9 Å². The van der Waals surface area contributed by atoms with Crippen molar-refractivity contribution in [3.63, 3.8) is 0 Å². The zero-order valence-corrected chi connectivity index (χ0v) is 43.3. The minimum atomic E-state index is -2.71. The third-order valence-corrected chi connectivity index (χ3v) is 21.2. The lowest BCUT2D eigenvalue weighted by Crippen LogP contribution is -2.74. The van der Waals surface area contributed by atoms with E-state index in [1.54, 1.807) is 0 Å². The summed E-state index contributed by atoms with van der Waals surface area (Å²) >= 11 is 0. The summed E-state index contributed by atoms with van der Waals surface area (Å²) in [5, 5.41) is 13.9. The summed E-state index contributed by atoms with van der Waals surface area (Å²) in [5.41, 5.74) is 12.3. The topological polar surface area (TPSA) is 12.6 Å². The highest BCUT2D eigenvalue weighted by molar-refractivity contribution is 7.19. The zero-order chi connectivity index (χ0) is 50.7. The van der Waals surface area contributed by atoms with Crippen LogP contribution in [0.25, 0.3) is 72.9 Å². The monoisotopic (exact) mass is 989 g/mol. The smallest absolute Gasteiger partial charge is 0.179 e. The Balaban J connectivity index is 0.824. The molecule has 362 valence electrons. The highest BCUT2D eigenvalue weighted by atomic mass is 28.3. The lowest BCUT2D eigenvalue weighted by molar-refractivity contribution is 0.746. The van der Waals surface area contributed by atoms with Crippen LogP contribution in [0.15, 0.2) is 279 Å². The van der Waals surface area contributed by atoms with Crippen molar-refractivity contribution < 1.29 is 0 Å². The number of benzene rings is 9. The van der Waals surface area contributed by atoms with Crippen molar-refractivity contribution in [2.75, 3.05) is 4.90 Å². The van der Waals surface area contributed by atoms with Crippen LogP contribution in [0.3, 0.4) is 0 Å². The SMILES string of the molecule is C=C/C=c1\c(=C)c2cccc3c4cc(C5C=CC(N(c6ccc([Si](c7ccccc7)(c7ccccc7)c7ccccc7)cc6)C6C=CC(c7ccc(-n8c9ccccc9c9ccccc98)cc7)=CC6)=CC5)ccc4n1c23. The quantitative estimate of drug-likeness (QED) is 0.0929. The molecule has 3 nitrogen and oxygen atoms in total. The number of para-hydroxylation sites is 3. The Morgan fingerprint density at radius 3 is 1.68 bits per heavy atom. The van der Waals surface area contributed by atoms with Gasteiger partial charge in [0.25, 0.3) is 0 Å². The molecule has 4 heteroatoms. The number of nitrogens with zero attached hydrogens (tertiary/aromatic N) is 3. The Hall–Kier alpha value is -9.22. The van der Waals surface area contributed by atoms with E-state index < -0.39 is 8.07 Å². The molecular weight excluding hydrogens is 935 g/mol. The number of fused-ring (bicyclic) bond motifs is 6. The molecule has 0 N–H and O–H groups in total. The number of aromatic nitrogens is 2. The van der Waals surface area contributed by atoms with E-state index in [4.69, 9.17) is 0 Å². The van der Waals surface area contributed by atoms with Gasteiger partial charge in [-0.2, -0.15) is 0 Å². The number of rotatable bonds is 11. The summed E-state index contributed by atoms with van der Waals surface area (Å²) in [4.78, 5) is 2.58. The Morgan fingerprint density at radius 1 is 0.500 bits per heavy atom. The molecular formula is C72H55N3Si. The van der Waals surface area contributed by atoms with E-state index in [2.05, 4.69) is 294 Å².